The van der Waals surface area contributed by atoms with Crippen molar-refractivity contribution in [1.29, 1.82) is 0 Å². The van der Waals surface area contributed by atoms with Crippen LogP contribution in [0.4, 0.5) is 0 Å². The highest BCUT2D eigenvalue weighted by Crippen LogP contribution is 2.30. The molecule has 356 valence electrons. The summed E-state index contributed by atoms with van der Waals surface area (Å²) in [6.07, 6.45) is 15.4. The van der Waals surface area contributed by atoms with Gasteiger partial charge in [-0.15, -0.1) is 0 Å². The normalized spacial score (nSPS) is 28.2. The molecule has 0 aromatic carbocycles. The van der Waals surface area contributed by atoms with Crippen molar-refractivity contribution in [3.8, 4) is 0 Å². The molecule has 2 saturated heterocycles. The molecule has 14 nitrogen and oxygen atoms in total. The van der Waals surface area contributed by atoms with Gasteiger partial charge >= 0.3 is 0 Å². The van der Waals surface area contributed by atoms with Crippen LogP contribution >= 0.6 is 0 Å². The lowest BCUT2D eigenvalue weighted by atomic mass is 9.97. The smallest absolute Gasteiger partial charge is 0.220 e. The lowest BCUT2D eigenvalue weighted by Crippen LogP contribution is -2.65. The predicted octanol–water partition coefficient (Wildman–Crippen LogP) is 5.44. The first kappa shape index (κ1) is 55.1. The molecule has 9 N–H and O–H groups in total. The Morgan fingerprint density at radius 2 is 0.950 bits per heavy atom. The molecule has 0 radical (unpaired) electrons. The van der Waals surface area contributed by atoms with E-state index in [0.29, 0.717) is 12.8 Å². The molecule has 2 rings (SSSR count). The summed E-state index contributed by atoms with van der Waals surface area (Å²) in [5.74, 6) is -0.207. The molecular formula is C46H89NO13. The van der Waals surface area contributed by atoms with Crippen LogP contribution in [0.5, 0.6) is 0 Å². The summed E-state index contributed by atoms with van der Waals surface area (Å²) in [5.41, 5.74) is 0. The minimum absolute atomic E-state index is 0.207. The summed E-state index contributed by atoms with van der Waals surface area (Å²) >= 11 is 0. The quantitative estimate of drug-likeness (QED) is 0.0356. The molecule has 60 heavy (non-hydrogen) atoms. The van der Waals surface area contributed by atoms with Gasteiger partial charge in [0.1, 0.15) is 48.8 Å². The standard InChI is InChI=1S/C46H89NO13/c1-3-5-7-9-11-13-15-16-17-18-20-21-23-25-27-29-35(50)34(47-38(51)30-28-26-24-22-19-14-12-10-8-6-4-2)33-57-45-43(56)41(54)44(37(32-49)59-45)60-46-42(55)40(53)39(52)36(31-48)58-46/h34-37,39-46,48-50,52-56H,3-33H2,1-2H3,(H,47,51). The third kappa shape index (κ3) is 22.1. The van der Waals surface area contributed by atoms with Gasteiger partial charge in [0.2, 0.25) is 5.91 Å². The maximum atomic E-state index is 13.1. The van der Waals surface area contributed by atoms with E-state index in [2.05, 4.69) is 19.2 Å². The van der Waals surface area contributed by atoms with E-state index in [0.717, 1.165) is 51.4 Å². The Labute approximate surface area is 362 Å². The van der Waals surface area contributed by atoms with E-state index in [4.69, 9.17) is 18.9 Å². The van der Waals surface area contributed by atoms with Crippen LogP contribution in [-0.4, -0.2) is 140 Å². The maximum Gasteiger partial charge on any atom is 0.220 e. The summed E-state index contributed by atoms with van der Waals surface area (Å²) in [7, 11) is 0. The Bertz CT molecular complexity index is 1020. The lowest BCUT2D eigenvalue weighted by molar-refractivity contribution is -0.359. The van der Waals surface area contributed by atoms with Crippen LogP contribution in [0.15, 0.2) is 0 Å². The average molecular weight is 864 g/mol. The van der Waals surface area contributed by atoms with Gasteiger partial charge < -0.3 is 65.1 Å². The highest BCUT2D eigenvalue weighted by Gasteiger charge is 2.51. The number of unbranched alkanes of at least 4 members (excludes halogenated alkanes) is 24. The monoisotopic (exact) mass is 864 g/mol. The van der Waals surface area contributed by atoms with Crippen molar-refractivity contribution in [2.75, 3.05) is 19.8 Å². The Kier molecular flexibility index (Phi) is 31.6. The Morgan fingerprint density at radius 3 is 1.42 bits per heavy atom. The summed E-state index contributed by atoms with van der Waals surface area (Å²) < 4.78 is 22.7. The molecule has 0 aliphatic carbocycles. The van der Waals surface area contributed by atoms with Gasteiger partial charge in [0, 0.05) is 6.42 Å². The van der Waals surface area contributed by atoms with Crippen molar-refractivity contribution in [2.45, 2.75) is 267 Å². The molecule has 12 atom stereocenters. The summed E-state index contributed by atoms with van der Waals surface area (Å²) in [6, 6.07) is -0.819. The summed E-state index contributed by atoms with van der Waals surface area (Å²) in [5, 5.41) is 86.7. The molecule has 2 fully saturated rings. The van der Waals surface area contributed by atoms with Gasteiger partial charge in [-0.05, 0) is 12.8 Å². The molecule has 0 spiro atoms. The van der Waals surface area contributed by atoms with Crippen molar-refractivity contribution in [3.05, 3.63) is 0 Å². The zero-order chi connectivity index (χ0) is 44.0. The first-order valence-electron chi connectivity index (χ1n) is 24.3. The molecule has 2 aliphatic rings. The van der Waals surface area contributed by atoms with Crippen LogP contribution in [0.3, 0.4) is 0 Å². The van der Waals surface area contributed by atoms with E-state index < -0.39 is 86.8 Å². The number of nitrogens with one attached hydrogen (secondary N) is 1. The molecule has 12 unspecified atom stereocenters. The molecule has 14 heteroatoms. The molecule has 0 aromatic rings. The second-order valence-corrected chi connectivity index (χ2v) is 17.6. The second-order valence-electron chi connectivity index (χ2n) is 17.6. The number of hydrogen-bond acceptors (Lipinski definition) is 13. The molecular weight excluding hydrogens is 774 g/mol. The number of aliphatic hydroxyl groups is 8. The molecule has 2 heterocycles. The van der Waals surface area contributed by atoms with Crippen molar-refractivity contribution in [3.63, 3.8) is 0 Å². The first-order valence-corrected chi connectivity index (χ1v) is 24.3. The number of carbonyl (C=O) groups is 1. The van der Waals surface area contributed by atoms with Crippen LogP contribution in [0.1, 0.15) is 194 Å². The largest absolute Gasteiger partial charge is 0.394 e. The van der Waals surface area contributed by atoms with Crippen molar-refractivity contribution < 1.29 is 64.6 Å². The fraction of sp³-hybridized carbons (Fsp3) is 0.978. The molecule has 0 bridgehead atoms. The number of rotatable bonds is 37. The van der Waals surface area contributed by atoms with E-state index in [9.17, 15) is 45.6 Å². The number of amides is 1. The van der Waals surface area contributed by atoms with E-state index in [1.807, 2.05) is 0 Å². The first-order chi connectivity index (χ1) is 29.1. The van der Waals surface area contributed by atoms with Gasteiger partial charge in [-0.1, -0.05) is 174 Å². The summed E-state index contributed by atoms with van der Waals surface area (Å²) in [4.78, 5) is 13.1. The lowest BCUT2D eigenvalue weighted by Gasteiger charge is -2.46. The third-order valence-electron chi connectivity index (χ3n) is 12.3. The number of hydrogen-bond donors (Lipinski definition) is 9. The highest BCUT2D eigenvalue weighted by atomic mass is 16.7. The van der Waals surface area contributed by atoms with Crippen molar-refractivity contribution >= 4 is 5.91 Å². The SMILES string of the molecule is CCCCCCCCCCCCCCCCCC(O)C(COC1OC(CO)C(OC2OC(CO)C(O)C(O)C2O)C(O)C1O)NC(=O)CCCCCCCCCCCCC. The van der Waals surface area contributed by atoms with Crippen LogP contribution in [0.25, 0.3) is 0 Å². The van der Waals surface area contributed by atoms with Gasteiger partial charge in [0.05, 0.1) is 32.0 Å². The number of aliphatic hydroxyl groups excluding tert-OH is 8. The van der Waals surface area contributed by atoms with Gasteiger partial charge in [-0.2, -0.15) is 0 Å². The maximum absolute atomic E-state index is 13.1. The topological polar surface area (TPSA) is 228 Å². The minimum atomic E-state index is -1.78. The van der Waals surface area contributed by atoms with E-state index >= 15 is 0 Å². The van der Waals surface area contributed by atoms with Crippen LogP contribution in [0.2, 0.25) is 0 Å². The van der Waals surface area contributed by atoms with Gasteiger partial charge in [0.15, 0.2) is 12.6 Å². The molecule has 2 aliphatic heterocycles. The highest BCUT2D eigenvalue weighted by molar-refractivity contribution is 5.76. The van der Waals surface area contributed by atoms with Crippen LogP contribution in [-0.2, 0) is 23.7 Å². The second kappa shape index (κ2) is 34.4. The van der Waals surface area contributed by atoms with Gasteiger partial charge in [0.25, 0.3) is 0 Å². The van der Waals surface area contributed by atoms with Crippen LogP contribution < -0.4 is 5.32 Å². The van der Waals surface area contributed by atoms with E-state index in [1.54, 1.807) is 0 Å². The Hall–Kier alpha value is -1.01. The van der Waals surface area contributed by atoms with Crippen molar-refractivity contribution in [2.24, 2.45) is 0 Å². The molecule has 0 aromatic heterocycles. The Morgan fingerprint density at radius 1 is 0.533 bits per heavy atom. The zero-order valence-corrected chi connectivity index (χ0v) is 37.5. The molecule has 1 amide bonds. The van der Waals surface area contributed by atoms with Crippen molar-refractivity contribution in [1.82, 2.24) is 5.32 Å². The third-order valence-corrected chi connectivity index (χ3v) is 12.3. The van der Waals surface area contributed by atoms with Crippen LogP contribution in [0, 0.1) is 0 Å². The zero-order valence-electron chi connectivity index (χ0n) is 37.5. The average Bonchev–Trinajstić information content (AvgIpc) is 3.24. The fourth-order valence-corrected chi connectivity index (χ4v) is 8.30. The predicted molar refractivity (Wildman–Crippen MR) is 231 cm³/mol. The number of ether oxygens (including phenoxy) is 4. The van der Waals surface area contributed by atoms with Gasteiger partial charge in [-0.25, -0.2) is 0 Å². The van der Waals surface area contributed by atoms with Gasteiger partial charge in [-0.3, -0.25) is 4.79 Å². The number of carbonyl (C=O) groups excluding carboxylic acids is 1. The van der Waals surface area contributed by atoms with E-state index in [1.165, 1.54) is 116 Å². The fourth-order valence-electron chi connectivity index (χ4n) is 8.30. The Balaban J connectivity index is 1.85. The van der Waals surface area contributed by atoms with E-state index in [-0.39, 0.29) is 12.5 Å². The minimum Gasteiger partial charge on any atom is -0.394 e. The summed E-state index contributed by atoms with van der Waals surface area (Å²) in [6.45, 7) is 2.84. The molecule has 0 saturated carbocycles.